The molecule has 0 radical (unpaired) electrons. The van der Waals surface area contributed by atoms with E-state index in [0.717, 1.165) is 11.1 Å². The van der Waals surface area contributed by atoms with Gasteiger partial charge in [-0.3, -0.25) is 4.79 Å². The SMILES string of the molecule is CCOc1ccc(S(=O)(=O)N[C@H](Cc2ccccc2)C(=O)NCc2ccccc2Cl)cc1Cl. The summed E-state index contributed by atoms with van der Waals surface area (Å²) in [5, 5.41) is 3.46. The first-order valence-electron chi connectivity index (χ1n) is 10.3. The summed E-state index contributed by atoms with van der Waals surface area (Å²) in [7, 11) is -4.05. The van der Waals surface area contributed by atoms with Crippen molar-refractivity contribution >= 4 is 39.1 Å². The van der Waals surface area contributed by atoms with E-state index in [2.05, 4.69) is 10.0 Å². The average Bonchev–Trinajstić information content (AvgIpc) is 2.80. The highest BCUT2D eigenvalue weighted by molar-refractivity contribution is 7.89. The van der Waals surface area contributed by atoms with Crippen LogP contribution in [0.5, 0.6) is 5.75 Å². The molecule has 2 N–H and O–H groups in total. The predicted octanol–water partition coefficient (Wildman–Crippen LogP) is 4.60. The second-order valence-corrected chi connectivity index (χ2v) is 9.73. The fraction of sp³-hybridized carbons (Fsp3) is 0.208. The van der Waals surface area contributed by atoms with Crippen molar-refractivity contribution in [1.29, 1.82) is 0 Å². The lowest BCUT2D eigenvalue weighted by Crippen LogP contribution is -2.47. The van der Waals surface area contributed by atoms with Crippen molar-refractivity contribution in [3.63, 3.8) is 0 Å². The summed E-state index contributed by atoms with van der Waals surface area (Å²) in [6.07, 6.45) is 0.166. The number of hydrogen-bond donors (Lipinski definition) is 2. The van der Waals surface area contributed by atoms with Crippen molar-refractivity contribution in [2.45, 2.75) is 30.8 Å². The van der Waals surface area contributed by atoms with E-state index in [4.69, 9.17) is 27.9 Å². The summed E-state index contributed by atoms with van der Waals surface area (Å²) in [4.78, 5) is 13.0. The molecule has 0 heterocycles. The fourth-order valence-corrected chi connectivity index (χ4v) is 4.89. The van der Waals surface area contributed by atoms with Crippen LogP contribution in [0.15, 0.2) is 77.7 Å². The molecule has 0 spiro atoms. The highest BCUT2D eigenvalue weighted by atomic mass is 35.5. The monoisotopic (exact) mass is 506 g/mol. The van der Waals surface area contributed by atoms with Crippen LogP contribution in [0.2, 0.25) is 10.0 Å². The van der Waals surface area contributed by atoms with Crippen LogP contribution in [-0.2, 0) is 27.8 Å². The third kappa shape index (κ3) is 6.95. The Labute approximate surface area is 203 Å². The molecule has 6 nitrogen and oxygen atoms in total. The first-order valence-corrected chi connectivity index (χ1v) is 12.5. The zero-order valence-corrected chi connectivity index (χ0v) is 20.3. The third-order valence-electron chi connectivity index (χ3n) is 4.82. The van der Waals surface area contributed by atoms with Crippen molar-refractivity contribution in [3.05, 3.63) is 94.0 Å². The molecule has 3 aromatic rings. The molecular weight excluding hydrogens is 483 g/mol. The molecule has 33 heavy (non-hydrogen) atoms. The Morgan fingerprint density at radius 1 is 0.970 bits per heavy atom. The Kier molecular flexibility index (Phi) is 8.74. The van der Waals surface area contributed by atoms with Gasteiger partial charge in [0.05, 0.1) is 16.5 Å². The number of nitrogens with one attached hydrogen (secondary N) is 2. The van der Waals surface area contributed by atoms with E-state index >= 15 is 0 Å². The van der Waals surface area contributed by atoms with Crippen molar-refractivity contribution in [1.82, 2.24) is 10.0 Å². The molecule has 9 heteroatoms. The van der Waals surface area contributed by atoms with Gasteiger partial charge >= 0.3 is 0 Å². The minimum Gasteiger partial charge on any atom is -0.492 e. The van der Waals surface area contributed by atoms with Crippen LogP contribution >= 0.6 is 23.2 Å². The first kappa shape index (κ1) is 25.1. The normalized spacial score (nSPS) is 12.2. The van der Waals surface area contributed by atoms with Gasteiger partial charge < -0.3 is 10.1 Å². The molecule has 0 aliphatic carbocycles. The second-order valence-electron chi connectivity index (χ2n) is 7.20. The summed E-state index contributed by atoms with van der Waals surface area (Å²) in [5.74, 6) is -0.0872. The molecule has 0 saturated heterocycles. The van der Waals surface area contributed by atoms with E-state index in [0.29, 0.717) is 17.4 Å². The summed E-state index contributed by atoms with van der Waals surface area (Å²) < 4.78 is 34.0. The molecular formula is C24H24Cl2N2O4S. The molecule has 0 saturated carbocycles. The van der Waals surface area contributed by atoms with Gasteiger partial charge in [-0.05, 0) is 48.7 Å². The van der Waals surface area contributed by atoms with Gasteiger partial charge in [0.2, 0.25) is 15.9 Å². The number of ether oxygens (including phenoxy) is 1. The Morgan fingerprint density at radius 2 is 1.67 bits per heavy atom. The number of halogens is 2. The van der Waals surface area contributed by atoms with E-state index in [-0.39, 0.29) is 22.9 Å². The van der Waals surface area contributed by atoms with Crippen LogP contribution in [0.25, 0.3) is 0 Å². The Bertz CT molecular complexity index is 1200. The zero-order valence-electron chi connectivity index (χ0n) is 17.9. The summed E-state index contributed by atoms with van der Waals surface area (Å²) in [6, 6.07) is 19.4. The number of hydrogen-bond acceptors (Lipinski definition) is 4. The van der Waals surface area contributed by atoms with Crippen LogP contribution in [-0.4, -0.2) is 27.0 Å². The van der Waals surface area contributed by atoms with E-state index < -0.39 is 22.0 Å². The topological polar surface area (TPSA) is 84.5 Å². The lowest BCUT2D eigenvalue weighted by Gasteiger charge is -2.19. The van der Waals surface area contributed by atoms with Crippen LogP contribution in [0.3, 0.4) is 0 Å². The Morgan fingerprint density at radius 3 is 2.33 bits per heavy atom. The molecule has 174 valence electrons. The van der Waals surface area contributed by atoms with Crippen LogP contribution in [0.4, 0.5) is 0 Å². The molecule has 3 aromatic carbocycles. The molecule has 0 aromatic heterocycles. The van der Waals surface area contributed by atoms with E-state index in [1.54, 1.807) is 25.1 Å². The summed E-state index contributed by atoms with van der Waals surface area (Å²) in [5.41, 5.74) is 1.54. The van der Waals surface area contributed by atoms with Gasteiger partial charge in [-0.1, -0.05) is 71.7 Å². The number of benzene rings is 3. The fourth-order valence-electron chi connectivity index (χ4n) is 3.16. The minimum absolute atomic E-state index is 0.0621. The van der Waals surface area contributed by atoms with E-state index in [1.807, 2.05) is 36.4 Å². The maximum atomic E-state index is 13.1. The Hall–Kier alpha value is -2.58. The molecule has 0 bridgehead atoms. The molecule has 1 atom stereocenters. The van der Waals surface area contributed by atoms with Gasteiger partial charge in [0.1, 0.15) is 11.8 Å². The predicted molar refractivity (Wildman–Crippen MR) is 130 cm³/mol. The third-order valence-corrected chi connectivity index (χ3v) is 6.95. The van der Waals surface area contributed by atoms with Gasteiger partial charge in [0, 0.05) is 11.6 Å². The lowest BCUT2D eigenvalue weighted by atomic mass is 10.1. The van der Waals surface area contributed by atoms with E-state index in [9.17, 15) is 13.2 Å². The van der Waals surface area contributed by atoms with Gasteiger partial charge in [0.25, 0.3) is 0 Å². The molecule has 3 rings (SSSR count). The van der Waals surface area contributed by atoms with Crippen molar-refractivity contribution in [2.75, 3.05) is 6.61 Å². The molecule has 0 unspecified atom stereocenters. The zero-order chi connectivity index (χ0) is 23.8. The largest absolute Gasteiger partial charge is 0.492 e. The summed E-state index contributed by atoms with van der Waals surface area (Å²) >= 11 is 12.3. The highest BCUT2D eigenvalue weighted by Gasteiger charge is 2.26. The number of amides is 1. The van der Waals surface area contributed by atoms with E-state index in [1.165, 1.54) is 18.2 Å². The minimum atomic E-state index is -4.05. The maximum absolute atomic E-state index is 13.1. The molecule has 0 fully saturated rings. The van der Waals surface area contributed by atoms with Crippen molar-refractivity contribution in [2.24, 2.45) is 0 Å². The van der Waals surface area contributed by atoms with Crippen molar-refractivity contribution in [3.8, 4) is 5.75 Å². The van der Waals surface area contributed by atoms with Gasteiger partial charge in [-0.25, -0.2) is 8.42 Å². The Balaban J connectivity index is 1.82. The molecule has 0 aliphatic rings. The smallest absolute Gasteiger partial charge is 0.241 e. The molecule has 0 aliphatic heterocycles. The van der Waals surface area contributed by atoms with Crippen LogP contribution < -0.4 is 14.8 Å². The quantitative estimate of drug-likeness (QED) is 0.420. The number of rotatable bonds is 10. The average molecular weight is 507 g/mol. The molecule has 1 amide bonds. The second kappa shape index (κ2) is 11.5. The van der Waals surface area contributed by atoms with Gasteiger partial charge in [-0.2, -0.15) is 4.72 Å². The van der Waals surface area contributed by atoms with Crippen LogP contribution in [0.1, 0.15) is 18.1 Å². The summed E-state index contributed by atoms with van der Waals surface area (Å²) in [6.45, 7) is 2.37. The van der Waals surface area contributed by atoms with Gasteiger partial charge in [0.15, 0.2) is 0 Å². The lowest BCUT2D eigenvalue weighted by molar-refractivity contribution is -0.122. The number of sulfonamides is 1. The first-order chi connectivity index (χ1) is 15.8. The maximum Gasteiger partial charge on any atom is 0.241 e. The van der Waals surface area contributed by atoms with Crippen LogP contribution in [0, 0.1) is 0 Å². The van der Waals surface area contributed by atoms with Crippen molar-refractivity contribution < 1.29 is 17.9 Å². The number of carbonyl (C=O) groups excluding carboxylic acids is 1. The van der Waals surface area contributed by atoms with Gasteiger partial charge in [-0.15, -0.1) is 0 Å². The highest BCUT2D eigenvalue weighted by Crippen LogP contribution is 2.27. The number of carbonyl (C=O) groups is 1. The standard InChI is InChI=1S/C24H24Cl2N2O4S/c1-2-32-23-13-12-19(15-21(23)26)33(30,31)28-22(14-17-8-4-3-5-9-17)24(29)27-16-18-10-6-7-11-20(18)25/h3-13,15,22,28H,2,14,16H2,1H3,(H,27,29)/t22-/m1/s1.